The van der Waals surface area contributed by atoms with Crippen LogP contribution in [0.1, 0.15) is 51.4 Å². The molecule has 6 nitrogen and oxygen atoms in total. The van der Waals surface area contributed by atoms with Gasteiger partial charge >= 0.3 is 16.1 Å². The minimum Gasteiger partial charge on any atom is -0.488 e. The summed E-state index contributed by atoms with van der Waals surface area (Å²) in [6.07, 6.45) is 0.856. The zero-order valence-electron chi connectivity index (χ0n) is 16.8. The Balaban J connectivity index is 2.01. The van der Waals surface area contributed by atoms with Gasteiger partial charge in [0.1, 0.15) is 22.8 Å². The van der Waals surface area contributed by atoms with Crippen molar-refractivity contribution in [1.29, 1.82) is 0 Å². The van der Waals surface area contributed by atoms with Crippen molar-refractivity contribution in [2.45, 2.75) is 51.9 Å². The lowest BCUT2D eigenvalue weighted by Gasteiger charge is -2.24. The van der Waals surface area contributed by atoms with Gasteiger partial charge in [0.25, 0.3) is 0 Å². The van der Waals surface area contributed by atoms with Crippen molar-refractivity contribution in [2.75, 3.05) is 0 Å². The molecule has 0 aliphatic heterocycles. The first-order valence-corrected chi connectivity index (χ1v) is 10.5. The number of carbonyl (C=O) groups is 1. The molecule has 0 saturated carbocycles. The molecular formula is C21H26O6S. The molecular weight excluding hydrogens is 380 g/mol. The maximum Gasteiger partial charge on any atom is 0.343 e. The van der Waals surface area contributed by atoms with Crippen LogP contribution >= 0.6 is 0 Å². The number of carbonyl (C=O) groups excluding carboxylic acids is 1. The molecule has 0 unspecified atom stereocenters. The molecule has 0 aromatic heterocycles. The van der Waals surface area contributed by atoms with Crippen molar-refractivity contribution in [3.05, 3.63) is 54.1 Å². The summed E-state index contributed by atoms with van der Waals surface area (Å²) in [4.78, 5) is 12.3. The molecule has 7 heteroatoms. The van der Waals surface area contributed by atoms with Crippen LogP contribution < -0.4 is 13.7 Å². The van der Waals surface area contributed by atoms with E-state index in [-0.39, 0.29) is 17.1 Å². The standard InChI is InChI=1S/C21H26O6S/c1-6-21(4,5)26-18-9-7-16(8-10-18)20(22)25-17-11-13-19(14-12-17)27-28(23,24)15(2)3/h7-15H,6H2,1-5H3. The predicted octanol–water partition coefficient (Wildman–Crippen LogP) is 4.59. The summed E-state index contributed by atoms with van der Waals surface area (Å²) in [5, 5.41) is -0.653. The molecule has 2 aromatic carbocycles. The first-order valence-electron chi connectivity index (χ1n) is 9.07. The van der Waals surface area contributed by atoms with Crippen LogP contribution in [0.25, 0.3) is 0 Å². The third-order valence-corrected chi connectivity index (χ3v) is 5.74. The summed E-state index contributed by atoms with van der Waals surface area (Å²) in [5.74, 6) is 0.598. The van der Waals surface area contributed by atoms with Crippen LogP contribution in [-0.4, -0.2) is 25.2 Å². The Morgan fingerprint density at radius 3 is 1.93 bits per heavy atom. The summed E-state index contributed by atoms with van der Waals surface area (Å²) in [7, 11) is -3.67. The Labute approximate surface area is 166 Å². The normalized spacial score (nSPS) is 11.9. The van der Waals surface area contributed by atoms with E-state index in [0.29, 0.717) is 11.3 Å². The summed E-state index contributed by atoms with van der Waals surface area (Å²) < 4.78 is 39.7. The summed E-state index contributed by atoms with van der Waals surface area (Å²) >= 11 is 0. The minimum atomic E-state index is -3.67. The maximum atomic E-state index is 12.3. The number of esters is 1. The Morgan fingerprint density at radius 2 is 1.43 bits per heavy atom. The Hall–Kier alpha value is -2.54. The van der Waals surface area contributed by atoms with Crippen LogP contribution in [0, 0.1) is 0 Å². The second-order valence-corrected chi connectivity index (χ2v) is 9.32. The number of benzene rings is 2. The SMILES string of the molecule is CCC(C)(C)Oc1ccc(C(=O)Oc2ccc(OS(=O)(=O)C(C)C)cc2)cc1. The number of rotatable bonds is 8. The van der Waals surface area contributed by atoms with E-state index in [1.165, 1.54) is 38.1 Å². The molecule has 0 fully saturated rings. The molecule has 0 amide bonds. The van der Waals surface area contributed by atoms with Crippen molar-refractivity contribution in [2.24, 2.45) is 0 Å². The van der Waals surface area contributed by atoms with Gasteiger partial charge in [0.2, 0.25) is 0 Å². The molecule has 0 atom stereocenters. The van der Waals surface area contributed by atoms with Crippen molar-refractivity contribution < 1.29 is 26.9 Å². The molecule has 0 radical (unpaired) electrons. The lowest BCUT2D eigenvalue weighted by atomic mass is 10.1. The summed E-state index contributed by atoms with van der Waals surface area (Å²) in [6, 6.07) is 12.5. The van der Waals surface area contributed by atoms with E-state index in [9.17, 15) is 13.2 Å². The molecule has 0 heterocycles. The van der Waals surface area contributed by atoms with Gasteiger partial charge in [0.05, 0.1) is 10.8 Å². The fourth-order valence-electron chi connectivity index (χ4n) is 2.01. The van der Waals surface area contributed by atoms with Gasteiger partial charge in [0, 0.05) is 0 Å². The lowest BCUT2D eigenvalue weighted by Crippen LogP contribution is -2.26. The fourth-order valence-corrected chi connectivity index (χ4v) is 2.58. The zero-order chi connectivity index (χ0) is 20.9. The molecule has 0 saturated heterocycles. The molecule has 0 aliphatic carbocycles. The second-order valence-electron chi connectivity index (χ2n) is 7.23. The topological polar surface area (TPSA) is 78.9 Å². The smallest absolute Gasteiger partial charge is 0.343 e. The van der Waals surface area contributed by atoms with Crippen LogP contribution in [0.5, 0.6) is 17.2 Å². The molecule has 2 rings (SSSR count). The molecule has 0 spiro atoms. The lowest BCUT2D eigenvalue weighted by molar-refractivity contribution is 0.0734. The van der Waals surface area contributed by atoms with E-state index in [2.05, 4.69) is 0 Å². The van der Waals surface area contributed by atoms with E-state index < -0.39 is 21.3 Å². The van der Waals surface area contributed by atoms with Gasteiger partial charge in [0.15, 0.2) is 0 Å². The highest BCUT2D eigenvalue weighted by Gasteiger charge is 2.19. The van der Waals surface area contributed by atoms with Gasteiger partial charge in [-0.3, -0.25) is 0 Å². The van der Waals surface area contributed by atoms with Crippen molar-refractivity contribution in [3.8, 4) is 17.2 Å². The van der Waals surface area contributed by atoms with Crippen LogP contribution in [0.3, 0.4) is 0 Å². The van der Waals surface area contributed by atoms with E-state index in [1.807, 2.05) is 20.8 Å². The van der Waals surface area contributed by atoms with Gasteiger partial charge < -0.3 is 13.7 Å². The van der Waals surface area contributed by atoms with Gasteiger partial charge in [-0.1, -0.05) is 6.92 Å². The largest absolute Gasteiger partial charge is 0.488 e. The monoisotopic (exact) mass is 406 g/mol. The van der Waals surface area contributed by atoms with Crippen LogP contribution in [0.2, 0.25) is 0 Å². The second kappa shape index (κ2) is 8.65. The first-order chi connectivity index (χ1) is 13.0. The molecule has 152 valence electrons. The Bertz CT molecular complexity index is 897. The van der Waals surface area contributed by atoms with E-state index in [0.717, 1.165) is 6.42 Å². The Morgan fingerprint density at radius 1 is 0.929 bits per heavy atom. The third-order valence-electron chi connectivity index (χ3n) is 4.16. The van der Waals surface area contributed by atoms with Crippen molar-refractivity contribution in [3.63, 3.8) is 0 Å². The number of hydrogen-bond acceptors (Lipinski definition) is 6. The van der Waals surface area contributed by atoms with Crippen LogP contribution in [0.4, 0.5) is 0 Å². The highest BCUT2D eigenvalue weighted by atomic mass is 32.2. The molecule has 0 aliphatic rings. The predicted molar refractivity (Wildman–Crippen MR) is 108 cm³/mol. The molecule has 28 heavy (non-hydrogen) atoms. The number of ether oxygens (including phenoxy) is 2. The maximum absolute atomic E-state index is 12.3. The van der Waals surface area contributed by atoms with Crippen LogP contribution in [0.15, 0.2) is 48.5 Å². The van der Waals surface area contributed by atoms with Gasteiger partial charge in [-0.15, -0.1) is 0 Å². The molecule has 0 bridgehead atoms. The van der Waals surface area contributed by atoms with Crippen LogP contribution in [-0.2, 0) is 10.1 Å². The number of hydrogen-bond donors (Lipinski definition) is 0. The third kappa shape index (κ3) is 5.99. The summed E-state index contributed by atoms with van der Waals surface area (Å²) in [5.41, 5.74) is 0.0962. The van der Waals surface area contributed by atoms with Crippen molar-refractivity contribution in [1.82, 2.24) is 0 Å². The van der Waals surface area contributed by atoms with Gasteiger partial charge in [-0.2, -0.15) is 8.42 Å². The average Bonchev–Trinajstić information content (AvgIpc) is 2.63. The highest BCUT2D eigenvalue weighted by Crippen LogP contribution is 2.23. The quantitative estimate of drug-likeness (QED) is 0.362. The van der Waals surface area contributed by atoms with Gasteiger partial charge in [-0.05, 0) is 82.6 Å². The summed E-state index contributed by atoms with van der Waals surface area (Å²) in [6.45, 7) is 9.10. The fraction of sp³-hybridized carbons (Fsp3) is 0.381. The first kappa shape index (κ1) is 21.8. The molecule has 0 N–H and O–H groups in total. The van der Waals surface area contributed by atoms with Gasteiger partial charge in [-0.25, -0.2) is 4.79 Å². The Kier molecular flexibility index (Phi) is 6.72. The zero-order valence-corrected chi connectivity index (χ0v) is 17.6. The average molecular weight is 407 g/mol. The van der Waals surface area contributed by atoms with E-state index >= 15 is 0 Å². The highest BCUT2D eigenvalue weighted by molar-refractivity contribution is 7.87. The minimum absolute atomic E-state index is 0.161. The van der Waals surface area contributed by atoms with E-state index in [1.54, 1.807) is 24.3 Å². The van der Waals surface area contributed by atoms with Crippen molar-refractivity contribution >= 4 is 16.1 Å². The van der Waals surface area contributed by atoms with E-state index in [4.69, 9.17) is 13.7 Å². The molecule has 2 aromatic rings.